The first-order chi connectivity index (χ1) is 12.1. The van der Waals surface area contributed by atoms with Crippen LogP contribution in [0, 0.1) is 5.82 Å². The Morgan fingerprint density at radius 2 is 1.72 bits per heavy atom. The van der Waals surface area contributed by atoms with Crippen molar-refractivity contribution in [3.63, 3.8) is 0 Å². The van der Waals surface area contributed by atoms with Crippen molar-refractivity contribution < 1.29 is 9.18 Å². The van der Waals surface area contributed by atoms with Gasteiger partial charge in [-0.1, -0.05) is 61.2 Å². The van der Waals surface area contributed by atoms with E-state index in [9.17, 15) is 9.18 Å². The van der Waals surface area contributed by atoms with Crippen LogP contribution in [0.25, 0.3) is 0 Å². The summed E-state index contributed by atoms with van der Waals surface area (Å²) in [7, 11) is 0. The topological polar surface area (TPSA) is 29.1 Å². The summed E-state index contributed by atoms with van der Waals surface area (Å²) in [5, 5.41) is 3.72. The minimum atomic E-state index is -0.488. The molecule has 2 aromatic carbocycles. The summed E-state index contributed by atoms with van der Waals surface area (Å²) in [4.78, 5) is 13.0. The molecule has 1 saturated carbocycles. The van der Waals surface area contributed by atoms with E-state index in [4.69, 9.17) is 11.6 Å². The Kier molecular flexibility index (Phi) is 5.74. The lowest BCUT2D eigenvalue weighted by molar-refractivity contribution is -0.128. The molecular formula is C21H23ClFNO. The normalized spacial score (nSPS) is 16.4. The van der Waals surface area contributed by atoms with E-state index < -0.39 is 5.41 Å². The Morgan fingerprint density at radius 1 is 1.04 bits per heavy atom. The van der Waals surface area contributed by atoms with Gasteiger partial charge in [0.05, 0.1) is 5.41 Å². The van der Waals surface area contributed by atoms with Gasteiger partial charge in [0.2, 0.25) is 5.91 Å². The fourth-order valence-corrected chi connectivity index (χ4v) is 3.88. The lowest BCUT2D eigenvalue weighted by Gasteiger charge is -2.36. The van der Waals surface area contributed by atoms with Crippen molar-refractivity contribution in [2.45, 2.75) is 43.9 Å². The van der Waals surface area contributed by atoms with Crippen LogP contribution in [0.3, 0.4) is 0 Å². The average molecular weight is 360 g/mol. The van der Waals surface area contributed by atoms with E-state index >= 15 is 0 Å². The van der Waals surface area contributed by atoms with Crippen molar-refractivity contribution >= 4 is 17.5 Å². The van der Waals surface area contributed by atoms with Crippen molar-refractivity contribution in [2.24, 2.45) is 0 Å². The SMILES string of the molecule is O=C(NCCc1ccccc1F)C1(c2ccc(Cl)cc2)CCCCC1. The van der Waals surface area contributed by atoms with E-state index in [0.29, 0.717) is 23.6 Å². The molecule has 25 heavy (non-hydrogen) atoms. The van der Waals surface area contributed by atoms with Gasteiger partial charge < -0.3 is 5.32 Å². The number of carbonyl (C=O) groups excluding carboxylic acids is 1. The molecule has 0 spiro atoms. The Morgan fingerprint density at radius 3 is 2.40 bits per heavy atom. The molecule has 0 unspecified atom stereocenters. The van der Waals surface area contributed by atoms with Crippen LogP contribution in [-0.4, -0.2) is 12.5 Å². The van der Waals surface area contributed by atoms with Crippen LogP contribution >= 0.6 is 11.6 Å². The van der Waals surface area contributed by atoms with Crippen LogP contribution < -0.4 is 5.32 Å². The van der Waals surface area contributed by atoms with Gasteiger partial charge in [0.25, 0.3) is 0 Å². The number of amides is 1. The number of halogens is 2. The first kappa shape index (κ1) is 17.9. The predicted octanol–water partition coefficient (Wildman–Crippen LogP) is 5.04. The third kappa shape index (κ3) is 4.04. The number of nitrogens with one attached hydrogen (secondary N) is 1. The molecule has 0 saturated heterocycles. The molecule has 132 valence electrons. The maximum Gasteiger partial charge on any atom is 0.230 e. The standard InChI is InChI=1S/C21H23ClFNO/c22-18-10-8-17(9-11-18)21(13-4-1-5-14-21)20(25)24-15-12-16-6-2-3-7-19(16)23/h2-3,6-11H,1,4-5,12-15H2,(H,24,25). The Hall–Kier alpha value is -1.87. The Balaban J connectivity index is 1.71. The molecular weight excluding hydrogens is 337 g/mol. The molecule has 0 aliphatic heterocycles. The van der Waals surface area contributed by atoms with Gasteiger partial charge in [0.1, 0.15) is 5.82 Å². The molecule has 0 bridgehead atoms. The molecule has 0 heterocycles. The third-order valence-corrected chi connectivity index (χ3v) is 5.43. The molecule has 1 aliphatic rings. The number of hydrogen-bond acceptors (Lipinski definition) is 1. The summed E-state index contributed by atoms with van der Waals surface area (Å²) < 4.78 is 13.7. The van der Waals surface area contributed by atoms with Crippen molar-refractivity contribution in [2.75, 3.05) is 6.54 Å². The molecule has 4 heteroatoms. The van der Waals surface area contributed by atoms with Crippen molar-refractivity contribution in [1.29, 1.82) is 0 Å². The van der Waals surface area contributed by atoms with Crippen LogP contribution in [-0.2, 0) is 16.6 Å². The van der Waals surface area contributed by atoms with E-state index in [2.05, 4.69) is 5.32 Å². The maximum atomic E-state index is 13.7. The second-order valence-electron chi connectivity index (χ2n) is 6.75. The van der Waals surface area contributed by atoms with Crippen molar-refractivity contribution in [1.82, 2.24) is 5.32 Å². The fraction of sp³-hybridized carbons (Fsp3) is 0.381. The molecule has 3 rings (SSSR count). The highest BCUT2D eigenvalue weighted by molar-refractivity contribution is 6.30. The Labute approximate surface area is 153 Å². The molecule has 1 aliphatic carbocycles. The number of rotatable bonds is 5. The summed E-state index contributed by atoms with van der Waals surface area (Å²) in [5.74, 6) is -0.173. The lowest BCUT2D eigenvalue weighted by atomic mass is 9.68. The van der Waals surface area contributed by atoms with E-state index in [-0.39, 0.29) is 11.7 Å². The molecule has 0 radical (unpaired) electrons. The zero-order valence-electron chi connectivity index (χ0n) is 14.2. The van der Waals surface area contributed by atoms with Crippen LogP contribution in [0.15, 0.2) is 48.5 Å². The third-order valence-electron chi connectivity index (χ3n) is 5.18. The largest absolute Gasteiger partial charge is 0.355 e. The highest BCUT2D eigenvalue weighted by Crippen LogP contribution is 2.40. The van der Waals surface area contributed by atoms with Crippen molar-refractivity contribution in [3.8, 4) is 0 Å². The second-order valence-corrected chi connectivity index (χ2v) is 7.18. The van der Waals surface area contributed by atoms with Gasteiger partial charge in [-0.05, 0) is 48.6 Å². The first-order valence-electron chi connectivity index (χ1n) is 8.90. The van der Waals surface area contributed by atoms with Gasteiger partial charge in [0, 0.05) is 11.6 Å². The Bertz CT molecular complexity index is 723. The van der Waals surface area contributed by atoms with Gasteiger partial charge >= 0.3 is 0 Å². The second kappa shape index (κ2) is 8.01. The van der Waals surface area contributed by atoms with E-state index in [1.165, 1.54) is 6.07 Å². The zero-order valence-corrected chi connectivity index (χ0v) is 15.0. The van der Waals surface area contributed by atoms with Gasteiger partial charge in [-0.25, -0.2) is 4.39 Å². The summed E-state index contributed by atoms with van der Waals surface area (Å²) in [6, 6.07) is 14.3. The molecule has 2 aromatic rings. The maximum absolute atomic E-state index is 13.7. The summed E-state index contributed by atoms with van der Waals surface area (Å²) in [5.41, 5.74) is 1.17. The first-order valence-corrected chi connectivity index (χ1v) is 9.27. The summed E-state index contributed by atoms with van der Waals surface area (Å²) in [6.07, 6.45) is 5.44. The molecule has 0 atom stereocenters. The lowest BCUT2D eigenvalue weighted by Crippen LogP contribution is -2.46. The minimum absolute atomic E-state index is 0.0471. The minimum Gasteiger partial charge on any atom is -0.355 e. The van der Waals surface area contributed by atoms with E-state index in [1.54, 1.807) is 12.1 Å². The number of hydrogen-bond donors (Lipinski definition) is 1. The predicted molar refractivity (Wildman–Crippen MR) is 99.3 cm³/mol. The van der Waals surface area contributed by atoms with Crippen molar-refractivity contribution in [3.05, 3.63) is 70.5 Å². The molecule has 1 N–H and O–H groups in total. The highest BCUT2D eigenvalue weighted by atomic mass is 35.5. The zero-order chi connectivity index (χ0) is 17.7. The monoisotopic (exact) mass is 359 g/mol. The van der Waals surface area contributed by atoms with Gasteiger partial charge in [-0.15, -0.1) is 0 Å². The molecule has 1 fully saturated rings. The quantitative estimate of drug-likeness (QED) is 0.796. The molecule has 0 aromatic heterocycles. The van der Waals surface area contributed by atoms with Gasteiger partial charge in [0.15, 0.2) is 0 Å². The average Bonchev–Trinajstić information content (AvgIpc) is 2.64. The van der Waals surface area contributed by atoms with Crippen LogP contribution in [0.5, 0.6) is 0 Å². The molecule has 1 amide bonds. The number of benzene rings is 2. The van der Waals surface area contributed by atoms with Gasteiger partial charge in [-0.2, -0.15) is 0 Å². The number of carbonyl (C=O) groups is 1. The summed E-state index contributed by atoms with van der Waals surface area (Å²) >= 11 is 6.01. The summed E-state index contributed by atoms with van der Waals surface area (Å²) in [6.45, 7) is 0.440. The fourth-order valence-electron chi connectivity index (χ4n) is 3.75. The van der Waals surface area contributed by atoms with Crippen LogP contribution in [0.4, 0.5) is 4.39 Å². The van der Waals surface area contributed by atoms with E-state index in [0.717, 1.165) is 37.7 Å². The van der Waals surface area contributed by atoms with Crippen LogP contribution in [0.2, 0.25) is 5.02 Å². The van der Waals surface area contributed by atoms with Gasteiger partial charge in [-0.3, -0.25) is 4.79 Å². The highest BCUT2D eigenvalue weighted by Gasteiger charge is 2.40. The van der Waals surface area contributed by atoms with E-state index in [1.807, 2.05) is 30.3 Å². The smallest absolute Gasteiger partial charge is 0.230 e. The van der Waals surface area contributed by atoms with Crippen LogP contribution in [0.1, 0.15) is 43.2 Å². The molecule has 2 nitrogen and oxygen atoms in total.